The quantitative estimate of drug-likeness (QED) is 0.813. The Balaban J connectivity index is 0.00000264. The summed E-state index contributed by atoms with van der Waals surface area (Å²) in [6.45, 7) is 7.26. The smallest absolute Gasteiger partial charge is 0.314 e. The van der Waals surface area contributed by atoms with Crippen LogP contribution in [-0.2, 0) is 6.18 Å². The van der Waals surface area contributed by atoms with Crippen molar-refractivity contribution < 1.29 is 17.6 Å². The van der Waals surface area contributed by atoms with Gasteiger partial charge in [0.05, 0.1) is 5.56 Å². The maximum atomic E-state index is 14.3. The topological polar surface area (TPSA) is 15.3 Å². The average Bonchev–Trinajstić information content (AvgIpc) is 2.45. The van der Waals surface area contributed by atoms with E-state index in [1.54, 1.807) is 0 Å². The van der Waals surface area contributed by atoms with Gasteiger partial charge in [-0.25, -0.2) is 4.39 Å². The third-order valence-electron chi connectivity index (χ3n) is 3.97. The van der Waals surface area contributed by atoms with E-state index in [4.69, 9.17) is 0 Å². The first kappa shape index (κ1) is 20.2. The largest absolute Gasteiger partial charge is 0.416 e. The third-order valence-corrected chi connectivity index (χ3v) is 3.97. The summed E-state index contributed by atoms with van der Waals surface area (Å²) in [6.07, 6.45) is -3.79. The fourth-order valence-electron chi connectivity index (χ4n) is 2.89. The highest BCUT2D eigenvalue weighted by molar-refractivity contribution is 5.85. The van der Waals surface area contributed by atoms with E-state index in [0.29, 0.717) is 17.5 Å². The standard InChI is InChI=1S/C16H22F4N2.ClH/c1-11(2)9-15(22-7-5-21-6-8-22)13-4-3-12(10-14(13)17)16(18,19)20;/h3-4,10-11,15,21H,5-9H2,1-2H3;1H/t15-;/m0./s1. The first-order valence-corrected chi connectivity index (χ1v) is 7.60. The van der Waals surface area contributed by atoms with Gasteiger partial charge in [0.25, 0.3) is 0 Å². The summed E-state index contributed by atoms with van der Waals surface area (Å²) in [5.41, 5.74) is -0.569. The fourth-order valence-corrected chi connectivity index (χ4v) is 2.89. The van der Waals surface area contributed by atoms with E-state index in [2.05, 4.69) is 10.2 Å². The number of rotatable bonds is 4. The molecule has 1 heterocycles. The molecular weight excluding hydrogens is 332 g/mol. The molecule has 1 aliphatic heterocycles. The van der Waals surface area contributed by atoms with E-state index in [1.165, 1.54) is 6.07 Å². The van der Waals surface area contributed by atoms with Gasteiger partial charge in [-0.1, -0.05) is 19.9 Å². The molecule has 1 saturated heterocycles. The highest BCUT2D eigenvalue weighted by Crippen LogP contribution is 2.34. The van der Waals surface area contributed by atoms with Crippen LogP contribution in [0.2, 0.25) is 0 Å². The van der Waals surface area contributed by atoms with Crippen molar-refractivity contribution in [1.82, 2.24) is 10.2 Å². The fraction of sp³-hybridized carbons (Fsp3) is 0.625. The second-order valence-electron chi connectivity index (χ2n) is 6.17. The first-order chi connectivity index (χ1) is 10.3. The number of hydrogen-bond donors (Lipinski definition) is 1. The highest BCUT2D eigenvalue weighted by Gasteiger charge is 2.32. The predicted molar refractivity (Wildman–Crippen MR) is 85.3 cm³/mol. The van der Waals surface area contributed by atoms with Crippen LogP contribution >= 0.6 is 12.4 Å². The summed E-state index contributed by atoms with van der Waals surface area (Å²) in [4.78, 5) is 2.15. The van der Waals surface area contributed by atoms with Crippen LogP contribution in [0.1, 0.15) is 37.4 Å². The molecule has 0 spiro atoms. The Morgan fingerprint density at radius 1 is 1.17 bits per heavy atom. The number of alkyl halides is 3. The molecule has 2 rings (SSSR count). The lowest BCUT2D eigenvalue weighted by molar-refractivity contribution is -0.137. The average molecular weight is 355 g/mol. The van der Waals surface area contributed by atoms with Crippen molar-refractivity contribution in [3.63, 3.8) is 0 Å². The molecule has 0 amide bonds. The lowest BCUT2D eigenvalue weighted by Gasteiger charge is -2.36. The molecule has 1 aromatic carbocycles. The van der Waals surface area contributed by atoms with Crippen LogP contribution < -0.4 is 5.32 Å². The van der Waals surface area contributed by atoms with Crippen LogP contribution in [0.25, 0.3) is 0 Å². The van der Waals surface area contributed by atoms with E-state index in [-0.39, 0.29) is 18.4 Å². The minimum Gasteiger partial charge on any atom is -0.314 e. The summed E-state index contributed by atoms with van der Waals surface area (Å²) in [7, 11) is 0. The van der Waals surface area contributed by atoms with Crippen LogP contribution in [-0.4, -0.2) is 31.1 Å². The Kier molecular flexibility index (Phi) is 7.29. The van der Waals surface area contributed by atoms with Crippen molar-refractivity contribution in [3.8, 4) is 0 Å². The van der Waals surface area contributed by atoms with E-state index in [1.807, 2.05) is 13.8 Å². The van der Waals surface area contributed by atoms with Crippen LogP contribution in [0.4, 0.5) is 17.6 Å². The van der Waals surface area contributed by atoms with Gasteiger partial charge in [-0.15, -0.1) is 12.4 Å². The molecule has 2 nitrogen and oxygen atoms in total. The summed E-state index contributed by atoms with van der Waals surface area (Å²) < 4.78 is 52.3. The number of piperazine rings is 1. The van der Waals surface area contributed by atoms with Crippen molar-refractivity contribution >= 4 is 12.4 Å². The van der Waals surface area contributed by atoms with Crippen LogP contribution in [0.15, 0.2) is 18.2 Å². The zero-order valence-electron chi connectivity index (χ0n) is 13.3. The maximum Gasteiger partial charge on any atom is 0.416 e. The summed E-state index contributed by atoms with van der Waals surface area (Å²) in [6, 6.07) is 2.72. The van der Waals surface area contributed by atoms with Crippen LogP contribution in [0.3, 0.4) is 0 Å². The van der Waals surface area contributed by atoms with Crippen molar-refractivity contribution in [2.24, 2.45) is 5.92 Å². The monoisotopic (exact) mass is 354 g/mol. The molecule has 132 valence electrons. The normalized spacial score (nSPS) is 17.9. The molecule has 0 radical (unpaired) electrons. The molecule has 1 atom stereocenters. The molecule has 0 bridgehead atoms. The first-order valence-electron chi connectivity index (χ1n) is 7.60. The van der Waals surface area contributed by atoms with Gasteiger partial charge in [-0.3, -0.25) is 4.90 Å². The van der Waals surface area contributed by atoms with Gasteiger partial charge in [-0.05, 0) is 24.5 Å². The Morgan fingerprint density at radius 3 is 2.26 bits per heavy atom. The van der Waals surface area contributed by atoms with Crippen molar-refractivity contribution in [2.75, 3.05) is 26.2 Å². The molecule has 0 saturated carbocycles. The number of halogens is 5. The van der Waals surface area contributed by atoms with E-state index < -0.39 is 17.6 Å². The molecule has 1 fully saturated rings. The predicted octanol–water partition coefficient (Wildman–Crippen LogP) is 4.26. The SMILES string of the molecule is CC(C)C[C@@H](c1ccc(C(F)(F)F)cc1F)N1CCNCC1.Cl. The zero-order chi connectivity index (χ0) is 16.3. The minimum absolute atomic E-state index is 0. The van der Waals surface area contributed by atoms with Crippen molar-refractivity contribution in [2.45, 2.75) is 32.5 Å². The van der Waals surface area contributed by atoms with Gasteiger partial charge in [-0.2, -0.15) is 13.2 Å². The molecule has 23 heavy (non-hydrogen) atoms. The lowest BCUT2D eigenvalue weighted by atomic mass is 9.93. The second-order valence-corrected chi connectivity index (χ2v) is 6.17. The van der Waals surface area contributed by atoms with Crippen molar-refractivity contribution in [3.05, 3.63) is 35.1 Å². The number of nitrogens with one attached hydrogen (secondary N) is 1. The molecule has 7 heteroatoms. The maximum absolute atomic E-state index is 14.3. The van der Waals surface area contributed by atoms with Gasteiger partial charge in [0.1, 0.15) is 5.82 Å². The van der Waals surface area contributed by atoms with Crippen LogP contribution in [0, 0.1) is 11.7 Å². The Hall–Kier alpha value is -0.850. The summed E-state index contributed by atoms with van der Waals surface area (Å²) >= 11 is 0. The summed E-state index contributed by atoms with van der Waals surface area (Å²) in [5.74, 6) is -0.430. The van der Waals surface area contributed by atoms with Gasteiger partial charge in [0.2, 0.25) is 0 Å². The Morgan fingerprint density at radius 2 is 1.78 bits per heavy atom. The summed E-state index contributed by atoms with van der Waals surface area (Å²) in [5, 5.41) is 3.23. The second kappa shape index (κ2) is 8.31. The molecule has 0 aliphatic carbocycles. The Bertz CT molecular complexity index is 499. The number of benzene rings is 1. The minimum atomic E-state index is -4.51. The van der Waals surface area contributed by atoms with E-state index in [0.717, 1.165) is 38.7 Å². The van der Waals surface area contributed by atoms with Gasteiger partial charge < -0.3 is 5.32 Å². The number of nitrogens with zero attached hydrogens (tertiary/aromatic N) is 1. The molecular formula is C16H23ClF4N2. The molecule has 0 aromatic heterocycles. The van der Waals surface area contributed by atoms with Crippen LogP contribution in [0.5, 0.6) is 0 Å². The number of hydrogen-bond acceptors (Lipinski definition) is 2. The molecule has 1 N–H and O–H groups in total. The van der Waals surface area contributed by atoms with E-state index in [9.17, 15) is 17.6 Å². The van der Waals surface area contributed by atoms with Gasteiger partial charge in [0.15, 0.2) is 0 Å². The molecule has 0 unspecified atom stereocenters. The molecule has 1 aromatic rings. The zero-order valence-corrected chi connectivity index (χ0v) is 14.1. The highest BCUT2D eigenvalue weighted by atomic mass is 35.5. The lowest BCUT2D eigenvalue weighted by Crippen LogP contribution is -2.45. The van der Waals surface area contributed by atoms with Gasteiger partial charge >= 0.3 is 6.18 Å². The van der Waals surface area contributed by atoms with E-state index >= 15 is 0 Å². The molecule has 1 aliphatic rings. The van der Waals surface area contributed by atoms with Crippen molar-refractivity contribution in [1.29, 1.82) is 0 Å². The third kappa shape index (κ3) is 5.33. The van der Waals surface area contributed by atoms with Gasteiger partial charge in [0, 0.05) is 37.8 Å². The Labute approximate surface area is 140 Å².